The molecular weight excluding hydrogens is 650 g/mol. The molecule has 2 N–H and O–H groups in total. The first-order valence-electron chi connectivity index (χ1n) is 17.0. The summed E-state index contributed by atoms with van der Waals surface area (Å²) in [6.45, 7) is 3.73. The molecule has 4 amide bonds. The van der Waals surface area contributed by atoms with Crippen LogP contribution in [-0.4, -0.2) is 83.7 Å². The molecular formula is C40H41N3O8. The first-order chi connectivity index (χ1) is 24.7. The van der Waals surface area contributed by atoms with Crippen molar-refractivity contribution in [3.8, 4) is 17.2 Å². The standard InChI is InChI=1S/C40H41N3O8/c1-26-12-13-27(2)35(20-26)49-24-37(45)41-32(21-28-8-4-3-5-9-28)33(44)23-42(18-16-29-14-15-34-36(22-29)51-25-50-34)38(46)17-19-43-39(47)30-10-6-7-11-31(30)40(43)48/h3-15,20,22,32-33,44H,16-19,21,23-25H2,1-2H3,(H,41,45)/t32-,33-/m0/s1. The number of hydrogen-bond acceptors (Lipinski definition) is 8. The zero-order valence-electron chi connectivity index (χ0n) is 28.7. The predicted molar refractivity (Wildman–Crippen MR) is 189 cm³/mol. The number of aliphatic hydroxyl groups excluding tert-OH is 1. The van der Waals surface area contributed by atoms with E-state index in [1.165, 1.54) is 4.90 Å². The van der Waals surface area contributed by atoms with Gasteiger partial charge in [0.15, 0.2) is 18.1 Å². The highest BCUT2D eigenvalue weighted by molar-refractivity contribution is 6.21. The maximum Gasteiger partial charge on any atom is 0.261 e. The minimum atomic E-state index is -1.17. The van der Waals surface area contributed by atoms with Crippen LogP contribution < -0.4 is 19.5 Å². The minimum absolute atomic E-state index is 0.109. The number of rotatable bonds is 15. The van der Waals surface area contributed by atoms with Crippen LogP contribution in [0.3, 0.4) is 0 Å². The lowest BCUT2D eigenvalue weighted by Crippen LogP contribution is -2.52. The molecule has 2 atom stereocenters. The number of aryl methyl sites for hydroxylation is 2. The average Bonchev–Trinajstić information content (AvgIpc) is 3.70. The summed E-state index contributed by atoms with van der Waals surface area (Å²) in [4.78, 5) is 55.7. The molecule has 0 aromatic heterocycles. The number of benzene rings is 4. The molecule has 11 nitrogen and oxygen atoms in total. The quantitative estimate of drug-likeness (QED) is 0.177. The Hall–Kier alpha value is -5.68. The van der Waals surface area contributed by atoms with Gasteiger partial charge in [0.1, 0.15) is 5.75 Å². The second-order valence-electron chi connectivity index (χ2n) is 12.8. The summed E-state index contributed by atoms with van der Waals surface area (Å²) in [5, 5.41) is 14.6. The van der Waals surface area contributed by atoms with Gasteiger partial charge in [-0.15, -0.1) is 0 Å². The van der Waals surface area contributed by atoms with Crippen LogP contribution in [0.5, 0.6) is 17.2 Å². The summed E-state index contributed by atoms with van der Waals surface area (Å²) >= 11 is 0. The molecule has 0 saturated carbocycles. The summed E-state index contributed by atoms with van der Waals surface area (Å²) in [7, 11) is 0. The highest BCUT2D eigenvalue weighted by Gasteiger charge is 2.35. The Kier molecular flexibility index (Phi) is 11.0. The van der Waals surface area contributed by atoms with Crippen LogP contribution in [0.25, 0.3) is 0 Å². The number of imide groups is 1. The molecule has 11 heteroatoms. The third-order valence-corrected chi connectivity index (χ3v) is 9.11. The number of aliphatic hydroxyl groups is 1. The van der Waals surface area contributed by atoms with Crippen LogP contribution in [0.15, 0.2) is 91.0 Å². The molecule has 0 fully saturated rings. The largest absolute Gasteiger partial charge is 0.483 e. The van der Waals surface area contributed by atoms with Crippen LogP contribution in [0.1, 0.15) is 49.4 Å². The first-order valence-corrected chi connectivity index (χ1v) is 17.0. The Morgan fingerprint density at radius 1 is 0.882 bits per heavy atom. The van der Waals surface area contributed by atoms with E-state index in [1.807, 2.05) is 80.6 Å². The number of carbonyl (C=O) groups excluding carboxylic acids is 4. The average molecular weight is 692 g/mol. The molecule has 6 rings (SSSR count). The van der Waals surface area contributed by atoms with E-state index in [-0.39, 0.29) is 45.4 Å². The number of nitrogens with one attached hydrogen (secondary N) is 1. The summed E-state index contributed by atoms with van der Waals surface area (Å²) in [5.74, 6) is 0.208. The third-order valence-electron chi connectivity index (χ3n) is 9.11. The van der Waals surface area contributed by atoms with Crippen LogP contribution in [0.2, 0.25) is 0 Å². The molecule has 2 aliphatic heterocycles. The number of nitrogens with zero attached hydrogens (tertiary/aromatic N) is 2. The van der Waals surface area contributed by atoms with Crippen molar-refractivity contribution in [3.05, 3.63) is 124 Å². The Labute approximate surface area is 296 Å². The Bertz CT molecular complexity index is 1880. The van der Waals surface area contributed by atoms with Crippen molar-refractivity contribution in [2.24, 2.45) is 0 Å². The monoisotopic (exact) mass is 691 g/mol. The normalized spacial score (nSPS) is 14.2. The number of hydrogen-bond donors (Lipinski definition) is 2. The van der Waals surface area contributed by atoms with E-state index in [1.54, 1.807) is 24.3 Å². The number of fused-ring (bicyclic) bond motifs is 2. The predicted octanol–water partition coefficient (Wildman–Crippen LogP) is 4.26. The second-order valence-corrected chi connectivity index (χ2v) is 12.8. The van der Waals surface area contributed by atoms with E-state index in [9.17, 15) is 24.3 Å². The smallest absolute Gasteiger partial charge is 0.261 e. The van der Waals surface area contributed by atoms with Crippen molar-refractivity contribution in [2.45, 2.75) is 45.3 Å². The number of carbonyl (C=O) groups is 4. The lowest BCUT2D eigenvalue weighted by molar-refractivity contribution is -0.133. The first kappa shape index (κ1) is 35.2. The van der Waals surface area contributed by atoms with Gasteiger partial charge in [-0.2, -0.15) is 0 Å². The van der Waals surface area contributed by atoms with Gasteiger partial charge in [0.2, 0.25) is 12.7 Å². The van der Waals surface area contributed by atoms with E-state index in [2.05, 4.69) is 5.32 Å². The SMILES string of the molecule is Cc1ccc(C)c(OCC(=O)N[C@@H](Cc2ccccc2)[C@@H](O)CN(CCc2ccc3c(c2)OCO3)C(=O)CCN2C(=O)c3ccccc3C2=O)c1. The molecule has 2 aliphatic rings. The van der Waals surface area contributed by atoms with Crippen LogP contribution >= 0.6 is 0 Å². The van der Waals surface area contributed by atoms with Gasteiger partial charge in [-0.05, 0) is 79.3 Å². The summed E-state index contributed by atoms with van der Waals surface area (Å²) in [6, 6.07) is 26.6. The van der Waals surface area contributed by atoms with Gasteiger partial charge >= 0.3 is 0 Å². The molecule has 2 heterocycles. The Morgan fingerprint density at radius 3 is 2.33 bits per heavy atom. The van der Waals surface area contributed by atoms with Crippen molar-refractivity contribution < 1.29 is 38.5 Å². The molecule has 0 aliphatic carbocycles. The molecule has 264 valence electrons. The van der Waals surface area contributed by atoms with Gasteiger partial charge in [-0.25, -0.2) is 0 Å². The summed E-state index contributed by atoms with van der Waals surface area (Å²) in [5.41, 5.74) is 4.30. The van der Waals surface area contributed by atoms with Crippen LogP contribution in [0, 0.1) is 13.8 Å². The van der Waals surface area contributed by atoms with Crippen molar-refractivity contribution in [1.82, 2.24) is 15.1 Å². The molecule has 0 unspecified atom stereocenters. The molecule has 0 saturated heterocycles. The van der Waals surface area contributed by atoms with Gasteiger partial charge < -0.3 is 29.5 Å². The van der Waals surface area contributed by atoms with Crippen LogP contribution in [-0.2, 0) is 22.4 Å². The fourth-order valence-corrected chi connectivity index (χ4v) is 6.24. The molecule has 4 aromatic carbocycles. The fraction of sp³-hybridized carbons (Fsp3) is 0.300. The van der Waals surface area contributed by atoms with Crippen molar-refractivity contribution in [3.63, 3.8) is 0 Å². The zero-order chi connectivity index (χ0) is 35.9. The number of ether oxygens (including phenoxy) is 3. The van der Waals surface area contributed by atoms with E-state index < -0.39 is 29.9 Å². The minimum Gasteiger partial charge on any atom is -0.483 e. The van der Waals surface area contributed by atoms with Crippen molar-refractivity contribution >= 4 is 23.6 Å². The molecule has 4 aromatic rings. The molecule has 0 bridgehead atoms. The molecule has 51 heavy (non-hydrogen) atoms. The maximum absolute atomic E-state index is 13.9. The topological polar surface area (TPSA) is 135 Å². The van der Waals surface area contributed by atoms with E-state index in [0.29, 0.717) is 41.2 Å². The lowest BCUT2D eigenvalue weighted by Gasteiger charge is -2.31. The van der Waals surface area contributed by atoms with Gasteiger partial charge in [0.05, 0.1) is 23.3 Å². The highest BCUT2D eigenvalue weighted by Crippen LogP contribution is 2.32. The van der Waals surface area contributed by atoms with E-state index in [0.717, 1.165) is 27.2 Å². The lowest BCUT2D eigenvalue weighted by atomic mass is 10.00. The van der Waals surface area contributed by atoms with Crippen molar-refractivity contribution in [1.29, 1.82) is 0 Å². The van der Waals surface area contributed by atoms with E-state index >= 15 is 0 Å². The highest BCUT2D eigenvalue weighted by atomic mass is 16.7. The summed E-state index contributed by atoms with van der Waals surface area (Å²) < 4.78 is 16.8. The second kappa shape index (κ2) is 15.9. The summed E-state index contributed by atoms with van der Waals surface area (Å²) in [6.07, 6.45) is -0.577. The van der Waals surface area contributed by atoms with Gasteiger partial charge in [0.25, 0.3) is 17.7 Å². The maximum atomic E-state index is 13.9. The molecule has 0 spiro atoms. The third kappa shape index (κ3) is 8.56. The van der Waals surface area contributed by atoms with Gasteiger partial charge in [-0.3, -0.25) is 24.1 Å². The zero-order valence-corrected chi connectivity index (χ0v) is 28.7. The van der Waals surface area contributed by atoms with Crippen LogP contribution in [0.4, 0.5) is 0 Å². The Balaban J connectivity index is 1.17. The van der Waals surface area contributed by atoms with E-state index in [4.69, 9.17) is 14.2 Å². The Morgan fingerprint density at radius 2 is 1.59 bits per heavy atom. The molecule has 0 radical (unpaired) electrons. The number of amides is 4. The van der Waals surface area contributed by atoms with Gasteiger partial charge in [0, 0.05) is 26.1 Å². The van der Waals surface area contributed by atoms with Crippen molar-refractivity contribution in [2.75, 3.05) is 33.0 Å². The van der Waals surface area contributed by atoms with Gasteiger partial charge in [-0.1, -0.05) is 60.7 Å². The fourth-order valence-electron chi connectivity index (χ4n) is 6.24.